The van der Waals surface area contributed by atoms with Gasteiger partial charge in [-0.3, -0.25) is 9.69 Å². The Bertz CT molecular complexity index is 883. The number of ether oxygens (including phenoxy) is 1. The van der Waals surface area contributed by atoms with Crippen LogP contribution in [0.3, 0.4) is 0 Å². The van der Waals surface area contributed by atoms with Crippen LogP contribution in [0.1, 0.15) is 27.8 Å². The molecule has 0 saturated carbocycles. The monoisotopic (exact) mass is 420 g/mol. The summed E-state index contributed by atoms with van der Waals surface area (Å²) in [5.74, 6) is -0.0133. The normalized spacial score (nSPS) is 15.0. The Labute approximate surface area is 175 Å². The van der Waals surface area contributed by atoms with E-state index in [2.05, 4.69) is 40.9 Å². The van der Waals surface area contributed by atoms with Crippen molar-refractivity contribution in [3.05, 3.63) is 64.2 Å². The number of likely N-dealkylation sites (tertiary alicyclic amines) is 1. The maximum atomic E-state index is 12.4. The average molecular weight is 420 g/mol. The molecule has 0 spiro atoms. The second-order valence-electron chi connectivity index (χ2n) is 7.91. The van der Waals surface area contributed by atoms with E-state index in [1.54, 1.807) is 13.1 Å². The van der Waals surface area contributed by atoms with E-state index in [9.17, 15) is 18.0 Å². The number of rotatable bonds is 7. The molecule has 0 aliphatic carbocycles. The number of nitrogens with zero attached hydrogens (tertiary/aromatic N) is 1. The summed E-state index contributed by atoms with van der Waals surface area (Å²) < 4.78 is 41.3. The first-order valence-electron chi connectivity index (χ1n) is 10.0. The van der Waals surface area contributed by atoms with Crippen molar-refractivity contribution in [1.29, 1.82) is 0 Å². The van der Waals surface area contributed by atoms with Crippen molar-refractivity contribution in [2.45, 2.75) is 39.6 Å². The minimum Gasteiger partial charge on any atom is -0.406 e. The van der Waals surface area contributed by atoms with Crippen molar-refractivity contribution in [3.8, 4) is 5.75 Å². The molecule has 1 N–H and O–H groups in total. The van der Waals surface area contributed by atoms with Gasteiger partial charge in [0.1, 0.15) is 5.75 Å². The first-order chi connectivity index (χ1) is 14.1. The highest BCUT2D eigenvalue weighted by molar-refractivity contribution is 5.79. The molecule has 0 bridgehead atoms. The lowest BCUT2D eigenvalue weighted by Crippen LogP contribution is -2.52. The minimum absolute atomic E-state index is 0.0774. The van der Waals surface area contributed by atoms with Crippen LogP contribution in [-0.2, 0) is 24.2 Å². The third kappa shape index (κ3) is 5.75. The summed E-state index contributed by atoms with van der Waals surface area (Å²) in [4.78, 5) is 13.9. The molecule has 0 atom stereocenters. The molecule has 3 rings (SSSR count). The van der Waals surface area contributed by atoms with E-state index in [1.807, 2.05) is 6.07 Å². The molecule has 0 unspecified atom stereocenters. The molecule has 0 aromatic heterocycles. The molecule has 30 heavy (non-hydrogen) atoms. The van der Waals surface area contributed by atoms with Gasteiger partial charge in [-0.25, -0.2) is 0 Å². The van der Waals surface area contributed by atoms with Gasteiger partial charge in [0.2, 0.25) is 5.91 Å². The van der Waals surface area contributed by atoms with Crippen molar-refractivity contribution < 1.29 is 22.7 Å². The van der Waals surface area contributed by atoms with Crippen LogP contribution in [-0.4, -0.2) is 37.3 Å². The molecular weight excluding hydrogens is 393 g/mol. The van der Waals surface area contributed by atoms with Gasteiger partial charge in [0.05, 0.1) is 5.92 Å². The summed E-state index contributed by atoms with van der Waals surface area (Å²) in [6.07, 6.45) is -3.30. The average Bonchev–Trinajstić information content (AvgIpc) is 2.62. The maximum Gasteiger partial charge on any atom is 0.573 e. The number of carbonyl (C=O) groups excluding carboxylic acids is 1. The van der Waals surface area contributed by atoms with Crippen molar-refractivity contribution >= 4 is 5.91 Å². The predicted molar refractivity (Wildman–Crippen MR) is 109 cm³/mol. The lowest BCUT2D eigenvalue weighted by Gasteiger charge is -2.38. The van der Waals surface area contributed by atoms with Gasteiger partial charge in [-0.1, -0.05) is 24.3 Å². The predicted octanol–water partition coefficient (Wildman–Crippen LogP) is 4.17. The van der Waals surface area contributed by atoms with Gasteiger partial charge in [0.25, 0.3) is 0 Å². The summed E-state index contributed by atoms with van der Waals surface area (Å²) in [6.45, 7) is 6.49. The number of amides is 1. The van der Waals surface area contributed by atoms with E-state index in [4.69, 9.17) is 0 Å². The number of carbonyl (C=O) groups is 1. The van der Waals surface area contributed by atoms with E-state index >= 15 is 0 Å². The summed E-state index contributed by atoms with van der Waals surface area (Å²) >= 11 is 0. The number of benzene rings is 2. The van der Waals surface area contributed by atoms with Crippen LogP contribution < -0.4 is 10.1 Å². The van der Waals surface area contributed by atoms with Crippen LogP contribution in [0.15, 0.2) is 36.4 Å². The molecule has 2 aromatic rings. The Morgan fingerprint density at radius 1 is 1.10 bits per heavy atom. The summed E-state index contributed by atoms with van der Waals surface area (Å²) in [5, 5.41) is 2.69. The zero-order valence-corrected chi connectivity index (χ0v) is 17.5. The molecule has 4 nitrogen and oxygen atoms in total. The fourth-order valence-electron chi connectivity index (χ4n) is 4.06. The highest BCUT2D eigenvalue weighted by Crippen LogP contribution is 2.26. The summed E-state index contributed by atoms with van der Waals surface area (Å²) in [7, 11) is 1.66. The number of aryl methyl sites for hydroxylation is 3. The Hall–Kier alpha value is -2.54. The molecule has 1 heterocycles. The van der Waals surface area contributed by atoms with Crippen LogP contribution in [0.2, 0.25) is 0 Å². The fourth-order valence-corrected chi connectivity index (χ4v) is 4.06. The van der Waals surface area contributed by atoms with E-state index in [1.165, 1.54) is 34.4 Å². The van der Waals surface area contributed by atoms with Gasteiger partial charge in [-0.2, -0.15) is 0 Å². The van der Waals surface area contributed by atoms with Gasteiger partial charge >= 0.3 is 6.36 Å². The van der Waals surface area contributed by atoms with Crippen molar-refractivity contribution in [3.63, 3.8) is 0 Å². The second kappa shape index (κ2) is 9.08. The molecule has 1 saturated heterocycles. The summed E-state index contributed by atoms with van der Waals surface area (Å²) in [5.41, 5.74) is 5.59. The number of hydrogen-bond acceptors (Lipinski definition) is 3. The minimum atomic E-state index is -4.68. The largest absolute Gasteiger partial charge is 0.573 e. The topological polar surface area (TPSA) is 41.6 Å². The van der Waals surface area contributed by atoms with Crippen LogP contribution in [0.4, 0.5) is 13.2 Å². The zero-order chi connectivity index (χ0) is 21.9. The van der Waals surface area contributed by atoms with Crippen LogP contribution >= 0.6 is 0 Å². The van der Waals surface area contributed by atoms with Gasteiger partial charge in [0, 0.05) is 26.7 Å². The quantitative estimate of drug-likeness (QED) is 0.731. The van der Waals surface area contributed by atoms with Crippen LogP contribution in [0.25, 0.3) is 0 Å². The Balaban J connectivity index is 1.60. The second-order valence-corrected chi connectivity index (χ2v) is 7.91. The SMILES string of the molecule is CNC(=O)C1CN(Cc2cc(C)c(CCc3cccc(OC(F)(F)F)c3)c(C)c2)C1. The first-order valence-corrected chi connectivity index (χ1v) is 10.0. The molecule has 1 aliphatic rings. The third-order valence-corrected chi connectivity index (χ3v) is 5.53. The molecule has 1 aliphatic heterocycles. The van der Waals surface area contributed by atoms with Crippen molar-refractivity contribution in [1.82, 2.24) is 10.2 Å². The highest BCUT2D eigenvalue weighted by Gasteiger charge is 2.32. The zero-order valence-electron chi connectivity index (χ0n) is 17.5. The number of halogens is 3. The van der Waals surface area contributed by atoms with E-state index < -0.39 is 6.36 Å². The molecule has 0 radical (unpaired) electrons. The standard InChI is InChI=1S/C23H27F3N2O2/c1-15-9-18(12-28-13-19(14-28)22(29)27-3)10-16(2)21(15)8-7-17-5-4-6-20(11-17)30-23(24,25)26/h4-6,9-11,19H,7-8,12-14H2,1-3H3,(H,27,29). The molecule has 1 fully saturated rings. The van der Waals surface area contributed by atoms with Crippen molar-refractivity contribution in [2.24, 2.45) is 5.92 Å². The first kappa shape index (κ1) is 22.2. The fraction of sp³-hybridized carbons (Fsp3) is 0.435. The number of hydrogen-bond donors (Lipinski definition) is 1. The molecule has 162 valence electrons. The molecular formula is C23H27F3N2O2. The molecule has 7 heteroatoms. The summed E-state index contributed by atoms with van der Waals surface area (Å²) in [6, 6.07) is 10.5. The van der Waals surface area contributed by atoms with E-state index in [0.717, 1.165) is 31.6 Å². The van der Waals surface area contributed by atoms with Gasteiger partial charge in [-0.15, -0.1) is 13.2 Å². The number of alkyl halides is 3. The molecule has 1 amide bonds. The van der Waals surface area contributed by atoms with Crippen LogP contribution in [0, 0.1) is 19.8 Å². The Morgan fingerprint density at radius 3 is 2.37 bits per heavy atom. The van der Waals surface area contributed by atoms with Gasteiger partial charge in [-0.05, 0) is 66.6 Å². The van der Waals surface area contributed by atoms with Crippen molar-refractivity contribution in [2.75, 3.05) is 20.1 Å². The Kier molecular flexibility index (Phi) is 6.71. The number of nitrogens with one attached hydrogen (secondary N) is 1. The lowest BCUT2D eigenvalue weighted by molar-refractivity contribution is -0.274. The third-order valence-electron chi connectivity index (χ3n) is 5.53. The smallest absolute Gasteiger partial charge is 0.406 e. The molecule has 2 aromatic carbocycles. The Morgan fingerprint density at radius 2 is 1.77 bits per heavy atom. The van der Waals surface area contributed by atoms with Gasteiger partial charge < -0.3 is 10.1 Å². The van der Waals surface area contributed by atoms with Crippen LogP contribution in [0.5, 0.6) is 5.75 Å². The maximum absolute atomic E-state index is 12.4. The highest BCUT2D eigenvalue weighted by atomic mass is 19.4. The van der Waals surface area contributed by atoms with Gasteiger partial charge in [0.15, 0.2) is 0 Å². The lowest BCUT2D eigenvalue weighted by atomic mass is 9.93. The van der Waals surface area contributed by atoms with E-state index in [-0.39, 0.29) is 17.6 Å². The van der Waals surface area contributed by atoms with E-state index in [0.29, 0.717) is 6.42 Å².